The number of fused-ring (bicyclic) bond motifs is 1. The Kier molecular flexibility index (Phi) is 8.17. The summed E-state index contributed by atoms with van der Waals surface area (Å²) in [6, 6.07) is 1.50. The van der Waals surface area contributed by atoms with Crippen molar-refractivity contribution in [1.29, 1.82) is 0 Å². The van der Waals surface area contributed by atoms with E-state index in [1.807, 2.05) is 18.7 Å². The first kappa shape index (κ1) is 22.5. The van der Waals surface area contributed by atoms with Gasteiger partial charge in [-0.3, -0.25) is 4.79 Å². The van der Waals surface area contributed by atoms with E-state index < -0.39 is 10.0 Å². The van der Waals surface area contributed by atoms with E-state index in [-0.39, 0.29) is 23.1 Å². The third kappa shape index (κ3) is 5.63. The number of nitrogens with one attached hydrogen (secondary N) is 1. The summed E-state index contributed by atoms with van der Waals surface area (Å²) in [6.45, 7) is 6.07. The molecule has 0 radical (unpaired) electrons. The van der Waals surface area contributed by atoms with E-state index in [1.54, 1.807) is 6.08 Å². The van der Waals surface area contributed by atoms with Crippen molar-refractivity contribution in [2.75, 3.05) is 26.2 Å². The molecule has 8 nitrogen and oxygen atoms in total. The highest BCUT2D eigenvalue weighted by Gasteiger charge is 2.24. The summed E-state index contributed by atoms with van der Waals surface area (Å²) >= 11 is 1.08. The van der Waals surface area contributed by atoms with Crippen LogP contribution < -0.4 is 16.2 Å². The molecule has 0 saturated heterocycles. The van der Waals surface area contributed by atoms with Crippen LogP contribution in [0.3, 0.4) is 0 Å². The van der Waals surface area contributed by atoms with Crippen LogP contribution in [0.2, 0.25) is 0 Å². The lowest BCUT2D eigenvalue weighted by Gasteiger charge is -2.22. The average molecular weight is 428 g/mol. The van der Waals surface area contributed by atoms with Gasteiger partial charge >= 0.3 is 0 Å². The summed E-state index contributed by atoms with van der Waals surface area (Å²) in [6.07, 6.45) is 4.26. The van der Waals surface area contributed by atoms with Crippen LogP contribution in [0.4, 0.5) is 5.69 Å². The highest BCUT2D eigenvalue weighted by molar-refractivity contribution is 7.91. The fourth-order valence-electron chi connectivity index (χ4n) is 2.87. The van der Waals surface area contributed by atoms with E-state index in [9.17, 15) is 13.2 Å². The van der Waals surface area contributed by atoms with Gasteiger partial charge in [-0.05, 0) is 37.9 Å². The van der Waals surface area contributed by atoms with Crippen LogP contribution in [-0.4, -0.2) is 51.2 Å². The van der Waals surface area contributed by atoms with Crippen molar-refractivity contribution in [1.82, 2.24) is 9.62 Å². The number of amidine groups is 1. The number of hydrogen-bond donors (Lipinski definition) is 3. The maximum Gasteiger partial charge on any atom is 0.250 e. The highest BCUT2D eigenvalue weighted by atomic mass is 32.2. The summed E-state index contributed by atoms with van der Waals surface area (Å²) in [7, 11) is -3.65. The molecule has 0 aromatic carbocycles. The molecular weight excluding hydrogens is 398 g/mol. The fourth-order valence-corrected chi connectivity index (χ4v) is 5.37. The van der Waals surface area contributed by atoms with Gasteiger partial charge in [0.2, 0.25) is 15.9 Å². The summed E-state index contributed by atoms with van der Waals surface area (Å²) in [5.41, 5.74) is 12.4. The van der Waals surface area contributed by atoms with E-state index >= 15 is 0 Å². The summed E-state index contributed by atoms with van der Waals surface area (Å²) in [5.74, 6) is 0.220. The maximum absolute atomic E-state index is 13.0. The minimum atomic E-state index is -3.65. The quantitative estimate of drug-likeness (QED) is 0.490. The maximum atomic E-state index is 13.0. The summed E-state index contributed by atoms with van der Waals surface area (Å²) in [4.78, 5) is 19.7. The van der Waals surface area contributed by atoms with Crippen LogP contribution in [0.15, 0.2) is 20.8 Å². The molecule has 156 valence electrons. The lowest BCUT2D eigenvalue weighted by Crippen LogP contribution is -2.34. The van der Waals surface area contributed by atoms with Crippen molar-refractivity contribution >= 4 is 44.9 Å². The van der Waals surface area contributed by atoms with Gasteiger partial charge < -0.3 is 16.4 Å². The molecule has 1 aliphatic rings. The number of nitrogens with zero attached hydrogens (tertiary/aromatic N) is 2. The normalized spacial score (nSPS) is 14.1. The Morgan fingerprint density at radius 3 is 2.61 bits per heavy atom. The molecule has 1 aromatic rings. The zero-order chi connectivity index (χ0) is 20.7. The molecule has 0 saturated carbocycles. The lowest BCUT2D eigenvalue weighted by atomic mass is 10.1. The Bertz CT molecular complexity index is 853. The SMILES string of the molecule is CCCN(CCC)C(=O)C1=Cc2sc(S(=O)(=O)NCCCN)cc2N=C(N)C1. The number of hydrogen-bond acceptors (Lipinski definition) is 7. The van der Waals surface area contributed by atoms with Crippen LogP contribution in [0.1, 0.15) is 44.4 Å². The van der Waals surface area contributed by atoms with Gasteiger partial charge in [0.25, 0.3) is 0 Å². The molecular formula is C18H29N5O3S2. The lowest BCUT2D eigenvalue weighted by molar-refractivity contribution is -0.127. The Morgan fingerprint density at radius 2 is 2.00 bits per heavy atom. The predicted octanol–water partition coefficient (Wildman–Crippen LogP) is 1.80. The van der Waals surface area contributed by atoms with Gasteiger partial charge in [0.1, 0.15) is 10.0 Å². The zero-order valence-electron chi connectivity index (χ0n) is 16.4. The van der Waals surface area contributed by atoms with Gasteiger partial charge in [0.05, 0.1) is 10.6 Å². The number of sulfonamides is 1. The van der Waals surface area contributed by atoms with E-state index in [0.29, 0.717) is 48.0 Å². The summed E-state index contributed by atoms with van der Waals surface area (Å²) < 4.78 is 27.6. The third-order valence-electron chi connectivity index (χ3n) is 4.15. The van der Waals surface area contributed by atoms with Gasteiger partial charge in [0.15, 0.2) is 0 Å². The van der Waals surface area contributed by atoms with Gasteiger partial charge in [-0.1, -0.05) is 13.8 Å². The minimum absolute atomic E-state index is 0.0754. The molecule has 1 amide bonds. The van der Waals surface area contributed by atoms with Crippen molar-refractivity contribution in [3.8, 4) is 0 Å². The molecule has 0 spiro atoms. The predicted molar refractivity (Wildman–Crippen MR) is 114 cm³/mol. The minimum Gasteiger partial charge on any atom is -0.387 e. The van der Waals surface area contributed by atoms with Crippen molar-refractivity contribution in [3.63, 3.8) is 0 Å². The summed E-state index contributed by atoms with van der Waals surface area (Å²) in [5, 5.41) is 0. The molecule has 1 aliphatic heterocycles. The molecule has 0 fully saturated rings. The Labute approximate surface area is 170 Å². The number of nitrogens with two attached hydrogens (primary N) is 2. The van der Waals surface area contributed by atoms with E-state index in [4.69, 9.17) is 11.5 Å². The van der Waals surface area contributed by atoms with Gasteiger partial charge in [-0.25, -0.2) is 18.1 Å². The number of aliphatic imine (C=N–C) groups is 1. The van der Waals surface area contributed by atoms with Crippen LogP contribution in [-0.2, 0) is 14.8 Å². The monoisotopic (exact) mass is 427 g/mol. The smallest absolute Gasteiger partial charge is 0.250 e. The second-order valence-electron chi connectivity index (χ2n) is 6.60. The average Bonchev–Trinajstić information content (AvgIpc) is 2.96. The van der Waals surface area contributed by atoms with Crippen molar-refractivity contribution in [2.24, 2.45) is 16.5 Å². The second-order valence-corrected chi connectivity index (χ2v) is 9.67. The standard InChI is InChI=1S/C18H29N5O3S2/c1-3-8-23(9-4-2)18(24)13-10-15-14(22-16(20)11-13)12-17(27-15)28(25,26)21-7-5-6-19/h10,12,21H,3-9,11,19H2,1-2H3,(H2,20,22). The fraction of sp³-hybridized carbons (Fsp3) is 0.556. The van der Waals surface area contributed by atoms with Crippen LogP contribution >= 0.6 is 11.3 Å². The molecule has 0 atom stereocenters. The van der Waals surface area contributed by atoms with Crippen LogP contribution in [0, 0.1) is 0 Å². The molecule has 1 aromatic heterocycles. The van der Waals surface area contributed by atoms with Crippen molar-refractivity contribution < 1.29 is 13.2 Å². The number of carbonyl (C=O) groups excluding carboxylic acids is 1. The molecule has 0 bridgehead atoms. The molecule has 5 N–H and O–H groups in total. The van der Waals surface area contributed by atoms with E-state index in [2.05, 4.69) is 9.71 Å². The van der Waals surface area contributed by atoms with Gasteiger partial charge in [-0.2, -0.15) is 0 Å². The van der Waals surface area contributed by atoms with Gasteiger partial charge in [0, 0.05) is 31.6 Å². The van der Waals surface area contributed by atoms with Crippen LogP contribution in [0.25, 0.3) is 6.08 Å². The van der Waals surface area contributed by atoms with Crippen molar-refractivity contribution in [2.45, 2.75) is 43.7 Å². The molecule has 10 heteroatoms. The van der Waals surface area contributed by atoms with E-state index in [0.717, 1.165) is 24.2 Å². The second kappa shape index (κ2) is 10.1. The number of rotatable bonds is 10. The highest BCUT2D eigenvalue weighted by Crippen LogP contribution is 2.36. The molecule has 0 aliphatic carbocycles. The third-order valence-corrected chi connectivity index (χ3v) is 7.15. The molecule has 2 rings (SSSR count). The Balaban J connectivity index is 2.35. The molecule has 0 unspecified atom stereocenters. The number of amides is 1. The Morgan fingerprint density at radius 1 is 1.32 bits per heavy atom. The first-order chi connectivity index (χ1) is 13.3. The van der Waals surface area contributed by atoms with Gasteiger partial charge in [-0.15, -0.1) is 11.3 Å². The van der Waals surface area contributed by atoms with Crippen LogP contribution in [0.5, 0.6) is 0 Å². The first-order valence-electron chi connectivity index (χ1n) is 9.48. The molecule has 28 heavy (non-hydrogen) atoms. The Hall–Kier alpha value is -1.75. The topological polar surface area (TPSA) is 131 Å². The number of thiophene rings is 1. The zero-order valence-corrected chi connectivity index (χ0v) is 18.0. The van der Waals surface area contributed by atoms with E-state index in [1.165, 1.54) is 6.07 Å². The molecule has 2 heterocycles. The van der Waals surface area contributed by atoms with Crippen molar-refractivity contribution in [3.05, 3.63) is 16.5 Å². The number of carbonyl (C=O) groups is 1. The first-order valence-corrected chi connectivity index (χ1v) is 11.8. The largest absolute Gasteiger partial charge is 0.387 e.